The minimum Gasteiger partial charge on any atom is -0.378 e. The standard InChI is InChI=1S/C17H25N5O2/c23-17(15-9-14(20-21-15)13-2-3-13)19-11-12-1-4-16(18-10-12)22-5-7-24-8-6-22/h1,4,10,13-15,20-21H,2-3,5-9,11H2,(H,19,23). The monoisotopic (exact) mass is 331 g/mol. The van der Waals surface area contributed by atoms with Crippen molar-refractivity contribution in [2.24, 2.45) is 5.92 Å². The van der Waals surface area contributed by atoms with E-state index in [0.29, 0.717) is 12.6 Å². The van der Waals surface area contributed by atoms with Crippen molar-refractivity contribution in [1.82, 2.24) is 21.2 Å². The number of hydrogen-bond donors (Lipinski definition) is 3. The molecule has 7 heteroatoms. The van der Waals surface area contributed by atoms with E-state index >= 15 is 0 Å². The molecule has 1 aliphatic carbocycles. The lowest BCUT2D eigenvalue weighted by molar-refractivity contribution is -0.123. The molecule has 3 aliphatic rings. The van der Waals surface area contributed by atoms with E-state index in [9.17, 15) is 4.79 Å². The van der Waals surface area contributed by atoms with Gasteiger partial charge in [0, 0.05) is 31.9 Å². The first-order valence-electron chi connectivity index (χ1n) is 8.86. The van der Waals surface area contributed by atoms with E-state index in [0.717, 1.165) is 50.0 Å². The first-order valence-corrected chi connectivity index (χ1v) is 8.86. The molecule has 4 rings (SSSR count). The number of ether oxygens (including phenoxy) is 1. The molecule has 2 saturated heterocycles. The van der Waals surface area contributed by atoms with E-state index in [1.165, 1.54) is 12.8 Å². The molecular weight excluding hydrogens is 306 g/mol. The molecule has 0 aromatic carbocycles. The number of carbonyl (C=O) groups is 1. The van der Waals surface area contributed by atoms with Crippen LogP contribution < -0.4 is 21.1 Å². The number of aromatic nitrogens is 1. The molecule has 3 N–H and O–H groups in total. The molecule has 7 nitrogen and oxygen atoms in total. The number of carbonyl (C=O) groups excluding carboxylic acids is 1. The van der Waals surface area contributed by atoms with Gasteiger partial charge in [0.25, 0.3) is 0 Å². The van der Waals surface area contributed by atoms with Crippen LogP contribution in [0.1, 0.15) is 24.8 Å². The third-order valence-electron chi connectivity index (χ3n) is 5.05. The van der Waals surface area contributed by atoms with Crippen molar-refractivity contribution in [2.45, 2.75) is 37.9 Å². The van der Waals surface area contributed by atoms with Gasteiger partial charge >= 0.3 is 0 Å². The molecule has 3 heterocycles. The lowest BCUT2D eigenvalue weighted by atomic mass is 10.1. The van der Waals surface area contributed by atoms with Crippen LogP contribution in [0, 0.1) is 5.92 Å². The number of hydrogen-bond acceptors (Lipinski definition) is 6. The summed E-state index contributed by atoms with van der Waals surface area (Å²) in [7, 11) is 0. The topological polar surface area (TPSA) is 78.5 Å². The number of nitrogens with zero attached hydrogens (tertiary/aromatic N) is 2. The number of pyridine rings is 1. The quantitative estimate of drug-likeness (QED) is 0.714. The Morgan fingerprint density at radius 1 is 1.29 bits per heavy atom. The molecule has 2 unspecified atom stereocenters. The van der Waals surface area contributed by atoms with Gasteiger partial charge in [-0.2, -0.15) is 0 Å². The summed E-state index contributed by atoms with van der Waals surface area (Å²) in [6, 6.07) is 4.38. The van der Waals surface area contributed by atoms with Gasteiger partial charge in [0.15, 0.2) is 0 Å². The van der Waals surface area contributed by atoms with Crippen LogP contribution in [0.4, 0.5) is 5.82 Å². The summed E-state index contributed by atoms with van der Waals surface area (Å²) in [6.07, 6.45) is 5.30. The van der Waals surface area contributed by atoms with Gasteiger partial charge in [0.05, 0.1) is 13.2 Å². The largest absolute Gasteiger partial charge is 0.378 e. The predicted octanol–water partition coefficient (Wildman–Crippen LogP) is 0.180. The van der Waals surface area contributed by atoms with Crippen LogP contribution in [0.15, 0.2) is 18.3 Å². The maximum atomic E-state index is 12.3. The molecule has 3 fully saturated rings. The number of hydrazine groups is 1. The smallest absolute Gasteiger partial charge is 0.238 e. The molecular formula is C17H25N5O2. The zero-order chi connectivity index (χ0) is 16.4. The van der Waals surface area contributed by atoms with Gasteiger partial charge in [-0.15, -0.1) is 0 Å². The third-order valence-corrected chi connectivity index (χ3v) is 5.05. The van der Waals surface area contributed by atoms with E-state index in [-0.39, 0.29) is 11.9 Å². The number of morpholine rings is 1. The van der Waals surface area contributed by atoms with Gasteiger partial charge < -0.3 is 15.0 Å². The Morgan fingerprint density at radius 3 is 2.83 bits per heavy atom. The second kappa shape index (κ2) is 7.04. The van der Waals surface area contributed by atoms with E-state index in [1.807, 2.05) is 18.3 Å². The summed E-state index contributed by atoms with van der Waals surface area (Å²) in [5.41, 5.74) is 7.39. The fourth-order valence-electron chi connectivity index (χ4n) is 3.37. The Bertz CT molecular complexity index is 569. The first kappa shape index (κ1) is 15.8. The van der Waals surface area contributed by atoms with Crippen LogP contribution in [0.5, 0.6) is 0 Å². The summed E-state index contributed by atoms with van der Waals surface area (Å²) < 4.78 is 5.36. The van der Waals surface area contributed by atoms with Crippen molar-refractivity contribution in [3.8, 4) is 0 Å². The molecule has 24 heavy (non-hydrogen) atoms. The van der Waals surface area contributed by atoms with Crippen molar-refractivity contribution < 1.29 is 9.53 Å². The average Bonchev–Trinajstić information content (AvgIpc) is 3.38. The van der Waals surface area contributed by atoms with E-state index in [1.54, 1.807) is 0 Å². The first-order chi connectivity index (χ1) is 11.8. The highest BCUT2D eigenvalue weighted by Crippen LogP contribution is 2.35. The normalized spacial score (nSPS) is 27.2. The van der Waals surface area contributed by atoms with Gasteiger partial charge in [0.2, 0.25) is 5.91 Å². The average molecular weight is 331 g/mol. The lowest BCUT2D eigenvalue weighted by Gasteiger charge is -2.27. The predicted molar refractivity (Wildman–Crippen MR) is 90.3 cm³/mol. The zero-order valence-electron chi connectivity index (χ0n) is 13.8. The molecule has 0 bridgehead atoms. The van der Waals surface area contributed by atoms with Crippen molar-refractivity contribution in [2.75, 3.05) is 31.2 Å². The summed E-state index contributed by atoms with van der Waals surface area (Å²) in [5, 5.41) is 3.00. The number of rotatable bonds is 5. The van der Waals surface area contributed by atoms with E-state index < -0.39 is 0 Å². The van der Waals surface area contributed by atoms with E-state index in [2.05, 4.69) is 26.1 Å². The van der Waals surface area contributed by atoms with Gasteiger partial charge in [-0.1, -0.05) is 6.07 Å². The molecule has 1 amide bonds. The van der Waals surface area contributed by atoms with Crippen LogP contribution >= 0.6 is 0 Å². The Kier molecular flexibility index (Phi) is 4.64. The second-order valence-electron chi connectivity index (χ2n) is 6.86. The van der Waals surface area contributed by atoms with Crippen LogP contribution in [0.25, 0.3) is 0 Å². The van der Waals surface area contributed by atoms with Crippen LogP contribution in [-0.4, -0.2) is 49.3 Å². The van der Waals surface area contributed by atoms with Gasteiger partial charge in [-0.3, -0.25) is 10.2 Å². The van der Waals surface area contributed by atoms with E-state index in [4.69, 9.17) is 4.74 Å². The Morgan fingerprint density at radius 2 is 2.12 bits per heavy atom. The van der Waals surface area contributed by atoms with Gasteiger partial charge in [-0.25, -0.2) is 10.4 Å². The molecule has 1 saturated carbocycles. The molecule has 2 atom stereocenters. The second-order valence-corrected chi connectivity index (χ2v) is 6.86. The molecule has 0 radical (unpaired) electrons. The molecule has 0 spiro atoms. The van der Waals surface area contributed by atoms with Crippen molar-refractivity contribution in [3.05, 3.63) is 23.9 Å². The van der Waals surface area contributed by atoms with Crippen molar-refractivity contribution in [3.63, 3.8) is 0 Å². The SMILES string of the molecule is O=C(NCc1ccc(N2CCOCC2)nc1)C1CC(C2CC2)NN1. The molecule has 1 aromatic heterocycles. The highest BCUT2D eigenvalue weighted by atomic mass is 16.5. The van der Waals surface area contributed by atoms with Crippen molar-refractivity contribution >= 4 is 11.7 Å². The number of amides is 1. The zero-order valence-corrected chi connectivity index (χ0v) is 13.8. The molecule has 130 valence electrons. The summed E-state index contributed by atoms with van der Waals surface area (Å²) in [5.74, 6) is 1.79. The maximum absolute atomic E-state index is 12.3. The molecule has 1 aromatic rings. The minimum absolute atomic E-state index is 0.0582. The van der Waals surface area contributed by atoms with Crippen LogP contribution in [0.2, 0.25) is 0 Å². The van der Waals surface area contributed by atoms with Gasteiger partial charge in [-0.05, 0) is 36.8 Å². The Labute approximate surface area is 142 Å². The maximum Gasteiger partial charge on any atom is 0.238 e. The summed E-state index contributed by atoms with van der Waals surface area (Å²) >= 11 is 0. The Balaban J connectivity index is 1.25. The highest BCUT2D eigenvalue weighted by Gasteiger charge is 2.38. The Hall–Kier alpha value is -1.70. The summed E-state index contributed by atoms with van der Waals surface area (Å²) in [6.45, 7) is 3.78. The number of nitrogens with one attached hydrogen (secondary N) is 3. The fraction of sp³-hybridized carbons (Fsp3) is 0.647. The third kappa shape index (κ3) is 3.68. The number of anilines is 1. The minimum atomic E-state index is -0.129. The van der Waals surface area contributed by atoms with Crippen LogP contribution in [0.3, 0.4) is 0 Å². The highest BCUT2D eigenvalue weighted by molar-refractivity contribution is 5.82. The van der Waals surface area contributed by atoms with Crippen LogP contribution in [-0.2, 0) is 16.1 Å². The summed E-state index contributed by atoms with van der Waals surface area (Å²) in [4.78, 5) is 19.0. The molecule has 2 aliphatic heterocycles. The fourth-order valence-corrected chi connectivity index (χ4v) is 3.37. The van der Waals surface area contributed by atoms with Gasteiger partial charge in [0.1, 0.15) is 11.9 Å². The lowest BCUT2D eigenvalue weighted by Crippen LogP contribution is -2.43. The van der Waals surface area contributed by atoms with Crippen molar-refractivity contribution in [1.29, 1.82) is 0 Å².